The average Bonchev–Trinajstić information content (AvgIpc) is 2.67. The minimum Gasteiger partial charge on any atom is -0.274 e. The van der Waals surface area contributed by atoms with Crippen molar-refractivity contribution in [1.82, 2.24) is 15.2 Å². The summed E-state index contributed by atoms with van der Waals surface area (Å²) in [5.41, 5.74) is 6.16. The number of nitrogens with one attached hydrogen (secondary N) is 1. The third kappa shape index (κ3) is 2.88. The van der Waals surface area contributed by atoms with E-state index in [0.29, 0.717) is 0 Å². The van der Waals surface area contributed by atoms with Gasteiger partial charge in [0, 0.05) is 12.5 Å². The summed E-state index contributed by atoms with van der Waals surface area (Å²) in [6.45, 7) is 5.31. The van der Waals surface area contributed by atoms with Gasteiger partial charge in [-0.15, -0.1) is 0 Å². The third-order valence-corrected chi connectivity index (χ3v) is 2.76. The van der Waals surface area contributed by atoms with E-state index in [0.717, 1.165) is 22.6 Å². The molecule has 0 fully saturated rings. The van der Waals surface area contributed by atoms with Crippen LogP contribution < -0.4 is 5.43 Å². The Kier molecular flexibility index (Phi) is 3.75. The Balaban J connectivity index is 2.35. The number of hydrazone groups is 1. The standard InChI is InChI=1S/C14H16N4O/c1-10-14(9-15-16-12(3)19)11(2)18(17-10)13-7-5-4-6-8-13/h4-9H,1-3H3,(H,16,19)/b15-9+. The molecule has 1 heterocycles. The van der Waals surface area contributed by atoms with Gasteiger partial charge in [-0.05, 0) is 26.0 Å². The van der Waals surface area contributed by atoms with Crippen LogP contribution in [0, 0.1) is 13.8 Å². The van der Waals surface area contributed by atoms with Crippen LogP contribution in [0.5, 0.6) is 0 Å². The number of para-hydroxylation sites is 1. The highest BCUT2D eigenvalue weighted by Gasteiger charge is 2.10. The van der Waals surface area contributed by atoms with Crippen molar-refractivity contribution in [3.63, 3.8) is 0 Å². The number of benzene rings is 1. The Bertz CT molecular complexity index is 614. The zero-order chi connectivity index (χ0) is 13.8. The first-order valence-electron chi connectivity index (χ1n) is 6.01. The van der Waals surface area contributed by atoms with Crippen molar-refractivity contribution in [2.24, 2.45) is 5.10 Å². The fraction of sp³-hybridized carbons (Fsp3) is 0.214. The van der Waals surface area contributed by atoms with Crippen LogP contribution in [-0.2, 0) is 4.79 Å². The van der Waals surface area contributed by atoms with E-state index >= 15 is 0 Å². The molecule has 19 heavy (non-hydrogen) atoms. The van der Waals surface area contributed by atoms with Crippen molar-refractivity contribution < 1.29 is 4.79 Å². The number of aromatic nitrogens is 2. The van der Waals surface area contributed by atoms with E-state index < -0.39 is 0 Å². The summed E-state index contributed by atoms with van der Waals surface area (Å²) in [4.78, 5) is 10.8. The minimum atomic E-state index is -0.193. The highest BCUT2D eigenvalue weighted by atomic mass is 16.2. The molecule has 0 aliphatic rings. The van der Waals surface area contributed by atoms with Crippen LogP contribution in [0.2, 0.25) is 0 Å². The Labute approximate surface area is 111 Å². The lowest BCUT2D eigenvalue weighted by molar-refractivity contribution is -0.118. The molecule has 1 N–H and O–H groups in total. The second kappa shape index (κ2) is 5.48. The molecular weight excluding hydrogens is 240 g/mol. The minimum absolute atomic E-state index is 0.193. The van der Waals surface area contributed by atoms with Crippen LogP contribution in [0.3, 0.4) is 0 Å². The van der Waals surface area contributed by atoms with Gasteiger partial charge in [0.05, 0.1) is 23.3 Å². The predicted molar refractivity (Wildman–Crippen MR) is 74.4 cm³/mol. The highest BCUT2D eigenvalue weighted by molar-refractivity contribution is 5.84. The zero-order valence-electron chi connectivity index (χ0n) is 11.2. The van der Waals surface area contributed by atoms with Crippen LogP contribution in [-0.4, -0.2) is 21.9 Å². The van der Waals surface area contributed by atoms with E-state index in [-0.39, 0.29) is 5.91 Å². The predicted octanol–water partition coefficient (Wildman–Crippen LogP) is 1.96. The lowest BCUT2D eigenvalue weighted by Gasteiger charge is -2.03. The van der Waals surface area contributed by atoms with E-state index in [1.807, 2.05) is 48.9 Å². The molecule has 1 aromatic heterocycles. The van der Waals surface area contributed by atoms with Gasteiger partial charge in [0.2, 0.25) is 5.91 Å². The number of rotatable bonds is 3. The summed E-state index contributed by atoms with van der Waals surface area (Å²) in [7, 11) is 0. The lowest BCUT2D eigenvalue weighted by atomic mass is 10.2. The number of nitrogens with zero attached hydrogens (tertiary/aromatic N) is 3. The number of carbonyl (C=O) groups excluding carboxylic acids is 1. The van der Waals surface area contributed by atoms with Gasteiger partial charge in [-0.3, -0.25) is 4.79 Å². The van der Waals surface area contributed by atoms with Gasteiger partial charge in [0.25, 0.3) is 0 Å². The highest BCUT2D eigenvalue weighted by Crippen LogP contribution is 2.15. The normalized spacial score (nSPS) is 10.9. The number of aryl methyl sites for hydroxylation is 1. The molecular formula is C14H16N4O. The Morgan fingerprint density at radius 1 is 1.32 bits per heavy atom. The number of carbonyl (C=O) groups is 1. The van der Waals surface area contributed by atoms with Crippen molar-refractivity contribution in [3.8, 4) is 5.69 Å². The molecule has 2 rings (SSSR count). The largest absolute Gasteiger partial charge is 0.274 e. The average molecular weight is 256 g/mol. The van der Waals surface area contributed by atoms with Crippen LogP contribution in [0.15, 0.2) is 35.4 Å². The maximum Gasteiger partial charge on any atom is 0.236 e. The van der Waals surface area contributed by atoms with E-state index in [9.17, 15) is 4.79 Å². The molecule has 0 radical (unpaired) electrons. The molecule has 0 bridgehead atoms. The quantitative estimate of drug-likeness (QED) is 0.674. The van der Waals surface area contributed by atoms with Gasteiger partial charge in [-0.25, -0.2) is 10.1 Å². The zero-order valence-corrected chi connectivity index (χ0v) is 11.2. The molecule has 5 heteroatoms. The van der Waals surface area contributed by atoms with Gasteiger partial charge in [-0.1, -0.05) is 18.2 Å². The van der Waals surface area contributed by atoms with Gasteiger partial charge in [0.1, 0.15) is 0 Å². The first kappa shape index (κ1) is 13.0. The molecule has 5 nitrogen and oxygen atoms in total. The maximum absolute atomic E-state index is 10.8. The summed E-state index contributed by atoms with van der Waals surface area (Å²) in [6, 6.07) is 9.89. The summed E-state index contributed by atoms with van der Waals surface area (Å²) in [5, 5.41) is 8.38. The first-order valence-corrected chi connectivity index (χ1v) is 6.01. The molecule has 0 atom stereocenters. The topological polar surface area (TPSA) is 59.3 Å². The lowest BCUT2D eigenvalue weighted by Crippen LogP contribution is -2.12. The molecule has 0 spiro atoms. The first-order chi connectivity index (χ1) is 9.09. The molecule has 0 unspecified atom stereocenters. The second-order valence-corrected chi connectivity index (χ2v) is 4.26. The molecule has 0 saturated carbocycles. The molecule has 1 amide bonds. The van der Waals surface area contributed by atoms with Crippen LogP contribution in [0.25, 0.3) is 5.69 Å². The number of hydrogen-bond donors (Lipinski definition) is 1. The number of hydrogen-bond acceptors (Lipinski definition) is 3. The van der Waals surface area contributed by atoms with Crippen LogP contribution in [0.1, 0.15) is 23.9 Å². The molecule has 1 aromatic carbocycles. The maximum atomic E-state index is 10.8. The van der Waals surface area contributed by atoms with Crippen molar-refractivity contribution in [3.05, 3.63) is 47.3 Å². The summed E-state index contributed by atoms with van der Waals surface area (Å²) in [6.07, 6.45) is 1.62. The van der Waals surface area contributed by atoms with Crippen molar-refractivity contribution in [1.29, 1.82) is 0 Å². The summed E-state index contributed by atoms with van der Waals surface area (Å²) in [5.74, 6) is -0.193. The molecule has 0 aliphatic carbocycles. The van der Waals surface area contributed by atoms with Gasteiger partial charge in [-0.2, -0.15) is 10.2 Å². The van der Waals surface area contributed by atoms with Crippen LogP contribution in [0.4, 0.5) is 0 Å². The molecule has 0 saturated heterocycles. The third-order valence-electron chi connectivity index (χ3n) is 2.76. The molecule has 0 aliphatic heterocycles. The fourth-order valence-corrected chi connectivity index (χ4v) is 1.85. The van der Waals surface area contributed by atoms with E-state index in [1.165, 1.54) is 6.92 Å². The van der Waals surface area contributed by atoms with Gasteiger partial charge in [0.15, 0.2) is 0 Å². The van der Waals surface area contributed by atoms with Gasteiger partial charge >= 0.3 is 0 Å². The van der Waals surface area contributed by atoms with Gasteiger partial charge < -0.3 is 0 Å². The number of amides is 1. The van der Waals surface area contributed by atoms with Crippen molar-refractivity contribution in [2.45, 2.75) is 20.8 Å². The SMILES string of the molecule is CC(=O)N/N=C/c1c(C)nn(-c2ccccc2)c1C. The Morgan fingerprint density at radius 3 is 2.63 bits per heavy atom. The smallest absolute Gasteiger partial charge is 0.236 e. The van der Waals surface area contributed by atoms with Crippen molar-refractivity contribution in [2.75, 3.05) is 0 Å². The summed E-state index contributed by atoms with van der Waals surface area (Å²) >= 11 is 0. The Hall–Kier alpha value is -2.43. The van der Waals surface area contributed by atoms with Crippen LogP contribution >= 0.6 is 0 Å². The van der Waals surface area contributed by atoms with E-state index in [2.05, 4.69) is 15.6 Å². The van der Waals surface area contributed by atoms with E-state index in [1.54, 1.807) is 6.21 Å². The Morgan fingerprint density at radius 2 is 2.00 bits per heavy atom. The monoisotopic (exact) mass is 256 g/mol. The van der Waals surface area contributed by atoms with Crippen molar-refractivity contribution >= 4 is 12.1 Å². The van der Waals surface area contributed by atoms with E-state index in [4.69, 9.17) is 0 Å². The molecule has 98 valence electrons. The molecule has 2 aromatic rings. The summed E-state index contributed by atoms with van der Waals surface area (Å²) < 4.78 is 1.87. The second-order valence-electron chi connectivity index (χ2n) is 4.26. The fourth-order valence-electron chi connectivity index (χ4n) is 1.85.